The zero-order valence-corrected chi connectivity index (χ0v) is 24.5. The molecule has 0 bridgehead atoms. The minimum atomic E-state index is -2.03. The predicted molar refractivity (Wildman–Crippen MR) is 154 cm³/mol. The van der Waals surface area contributed by atoms with Crippen LogP contribution in [0.1, 0.15) is 44.5 Å². The highest BCUT2D eigenvalue weighted by Crippen LogP contribution is 2.46. The number of carbonyl (C=O) groups is 1. The smallest absolute Gasteiger partial charge is 0.329 e. The Morgan fingerprint density at radius 3 is 2.68 bits per heavy atom. The molecule has 4 rings (SSSR count). The summed E-state index contributed by atoms with van der Waals surface area (Å²) in [4.78, 5) is 22.5. The van der Waals surface area contributed by atoms with Crippen LogP contribution in [-0.4, -0.2) is 54.8 Å². The van der Waals surface area contributed by atoms with Gasteiger partial charge in [0.05, 0.1) is 28.8 Å². The zero-order valence-electron chi connectivity index (χ0n) is 23.5. The molecule has 11 heteroatoms. The molecule has 2 aromatic heterocycles. The SMILES string of the molecule is Cc1c(Nc2nccc(-c3cc(C#N)c4c(c3)C(C)(CO[Si](C)(C)C(C)(C)C)CN4[B]C=O)n2)cnn1C. The second kappa shape index (κ2) is 10.0. The van der Waals surface area contributed by atoms with Crippen LogP contribution in [0.3, 0.4) is 0 Å². The van der Waals surface area contributed by atoms with Crippen LogP contribution in [0, 0.1) is 18.3 Å². The lowest BCUT2D eigenvalue weighted by Crippen LogP contribution is -2.46. The fourth-order valence-corrected chi connectivity index (χ4v) is 5.49. The highest BCUT2D eigenvalue weighted by Gasteiger charge is 2.44. The third-order valence-electron chi connectivity index (χ3n) is 7.92. The van der Waals surface area contributed by atoms with Crippen molar-refractivity contribution in [2.24, 2.45) is 7.05 Å². The maximum Gasteiger partial charge on any atom is 0.329 e. The van der Waals surface area contributed by atoms with Crippen molar-refractivity contribution in [2.75, 3.05) is 23.3 Å². The van der Waals surface area contributed by atoms with E-state index >= 15 is 0 Å². The van der Waals surface area contributed by atoms with Crippen LogP contribution in [0.4, 0.5) is 17.3 Å². The first kappa shape index (κ1) is 27.5. The molecule has 1 N–H and O–H groups in total. The lowest BCUT2D eigenvalue weighted by Gasteiger charge is -2.39. The fourth-order valence-electron chi connectivity index (χ4n) is 4.38. The van der Waals surface area contributed by atoms with Gasteiger partial charge in [0.2, 0.25) is 5.95 Å². The number of benzene rings is 1. The Bertz CT molecular complexity index is 1410. The zero-order chi connectivity index (χ0) is 27.9. The first-order chi connectivity index (χ1) is 17.8. The Kier molecular flexibility index (Phi) is 7.25. The molecule has 1 aliphatic heterocycles. The number of carbonyl (C=O) groups excluding carboxylic acids is 1. The number of aromatic nitrogens is 4. The summed E-state index contributed by atoms with van der Waals surface area (Å²) >= 11 is 0. The minimum absolute atomic E-state index is 0.0655. The molecule has 1 atom stereocenters. The van der Waals surface area contributed by atoms with E-state index in [1.807, 2.05) is 30.9 Å². The van der Waals surface area contributed by atoms with Crippen LogP contribution in [0.5, 0.6) is 0 Å². The summed E-state index contributed by atoms with van der Waals surface area (Å²) in [6.45, 7) is 16.3. The van der Waals surface area contributed by atoms with Crippen molar-refractivity contribution in [1.29, 1.82) is 5.26 Å². The molecule has 3 aromatic rings. The summed E-state index contributed by atoms with van der Waals surface area (Å²) in [6.07, 6.45) is 4.20. The summed E-state index contributed by atoms with van der Waals surface area (Å²) in [6, 6.07) is 8.08. The number of anilines is 3. The minimum Gasteiger partial charge on any atom is -0.416 e. The van der Waals surface area contributed by atoms with Crippen molar-refractivity contribution in [3.05, 3.63) is 47.4 Å². The first-order valence-corrected chi connectivity index (χ1v) is 15.6. The second-order valence-corrected chi connectivity index (χ2v) is 16.5. The maximum atomic E-state index is 11.5. The summed E-state index contributed by atoms with van der Waals surface area (Å²) in [7, 11) is 1.35. The van der Waals surface area contributed by atoms with E-state index in [1.165, 1.54) is 7.41 Å². The Morgan fingerprint density at radius 1 is 1.34 bits per heavy atom. The molecule has 9 nitrogen and oxygen atoms in total. The molecule has 0 saturated heterocycles. The summed E-state index contributed by atoms with van der Waals surface area (Å²) < 4.78 is 8.44. The Hall–Kier alpha value is -3.49. The van der Waals surface area contributed by atoms with E-state index in [0.29, 0.717) is 30.4 Å². The molecule has 1 radical (unpaired) electrons. The normalized spacial score (nSPS) is 17.2. The number of hydrogen-bond acceptors (Lipinski definition) is 8. The average molecular weight is 529 g/mol. The first-order valence-electron chi connectivity index (χ1n) is 12.7. The summed E-state index contributed by atoms with van der Waals surface area (Å²) in [5.41, 5.74) is 5.07. The highest BCUT2D eigenvalue weighted by atomic mass is 28.4. The van der Waals surface area contributed by atoms with Crippen molar-refractivity contribution in [3.8, 4) is 17.3 Å². The van der Waals surface area contributed by atoms with Gasteiger partial charge >= 0.3 is 7.41 Å². The van der Waals surface area contributed by atoms with Gasteiger partial charge in [-0.2, -0.15) is 10.4 Å². The Balaban J connectivity index is 1.75. The number of nitrogens with zero attached hydrogens (tertiary/aromatic N) is 6. The molecule has 0 saturated carbocycles. The van der Waals surface area contributed by atoms with Crippen molar-refractivity contribution in [3.63, 3.8) is 0 Å². The lowest BCUT2D eigenvalue weighted by atomic mass is 9.83. The molecule has 0 spiro atoms. The van der Waals surface area contributed by atoms with Crippen LogP contribution in [0.15, 0.2) is 30.6 Å². The molecule has 0 fully saturated rings. The van der Waals surface area contributed by atoms with Crippen LogP contribution >= 0.6 is 0 Å². The second-order valence-electron chi connectivity index (χ2n) is 11.7. The molecule has 0 amide bonds. The molecule has 1 unspecified atom stereocenters. The molecule has 1 aliphatic rings. The van der Waals surface area contributed by atoms with E-state index in [-0.39, 0.29) is 5.04 Å². The fraction of sp³-hybridized carbons (Fsp3) is 0.444. The van der Waals surface area contributed by atoms with E-state index in [2.05, 4.69) is 68.3 Å². The van der Waals surface area contributed by atoms with Gasteiger partial charge < -0.3 is 19.3 Å². The van der Waals surface area contributed by atoms with E-state index in [9.17, 15) is 10.1 Å². The van der Waals surface area contributed by atoms with Crippen LogP contribution in [-0.2, 0) is 21.7 Å². The van der Waals surface area contributed by atoms with Gasteiger partial charge in [-0.25, -0.2) is 9.97 Å². The van der Waals surface area contributed by atoms with E-state index < -0.39 is 13.7 Å². The van der Waals surface area contributed by atoms with Crippen molar-refractivity contribution < 1.29 is 9.22 Å². The van der Waals surface area contributed by atoms with Crippen molar-refractivity contribution >= 4 is 39.2 Å². The van der Waals surface area contributed by atoms with Gasteiger partial charge in [0.25, 0.3) is 0 Å². The molecule has 38 heavy (non-hydrogen) atoms. The molecule has 1 aromatic carbocycles. The Morgan fingerprint density at radius 2 is 2.08 bits per heavy atom. The van der Waals surface area contributed by atoms with Gasteiger partial charge in [-0.05, 0) is 48.8 Å². The van der Waals surface area contributed by atoms with E-state index in [4.69, 9.17) is 9.41 Å². The van der Waals surface area contributed by atoms with Crippen molar-refractivity contribution in [1.82, 2.24) is 19.7 Å². The van der Waals surface area contributed by atoms with Crippen LogP contribution in [0.2, 0.25) is 18.1 Å². The molecular formula is C27H35BN7O2Si. The largest absolute Gasteiger partial charge is 0.416 e. The summed E-state index contributed by atoms with van der Waals surface area (Å²) in [5.74, 6) is 0.442. The van der Waals surface area contributed by atoms with Crippen LogP contribution in [0.25, 0.3) is 11.3 Å². The number of rotatable bonds is 8. The summed E-state index contributed by atoms with van der Waals surface area (Å²) in [5, 5.41) is 17.7. The molecule has 3 heterocycles. The van der Waals surface area contributed by atoms with Gasteiger partial charge in [-0.15, -0.1) is 0 Å². The molecule has 197 valence electrons. The predicted octanol–water partition coefficient (Wildman–Crippen LogP) is 4.71. The van der Waals surface area contributed by atoms with E-state index in [0.717, 1.165) is 34.4 Å². The number of nitriles is 1. The monoisotopic (exact) mass is 528 g/mol. The van der Waals surface area contributed by atoms with Crippen LogP contribution < -0.4 is 10.1 Å². The van der Waals surface area contributed by atoms with Crippen molar-refractivity contribution in [2.45, 2.75) is 58.2 Å². The van der Waals surface area contributed by atoms with Gasteiger partial charge in [0.15, 0.2) is 8.32 Å². The number of fused-ring (bicyclic) bond motifs is 1. The third kappa shape index (κ3) is 5.11. The standard InChI is InChI=1S/C27H35BN7O2Si/c1-18-23(14-31-34(18)6)33-25-30-10-9-22(32-25)19-11-20(13-29)24-21(12-19)27(5,15-35(24)28-17-36)16-37-38(7,8)26(2,3)4/h9-12,14,17H,15-16H2,1-8H3,(H,30,32,33). The van der Waals surface area contributed by atoms with E-state index in [1.54, 1.807) is 17.1 Å². The molecular weight excluding hydrogens is 493 g/mol. The average Bonchev–Trinajstić information content (AvgIpc) is 3.33. The van der Waals surface area contributed by atoms with Gasteiger partial charge in [0.1, 0.15) is 12.3 Å². The maximum absolute atomic E-state index is 11.5. The Labute approximate surface area is 226 Å². The lowest BCUT2D eigenvalue weighted by molar-refractivity contribution is 0.219. The van der Waals surface area contributed by atoms with Gasteiger partial charge in [-0.1, -0.05) is 27.7 Å². The topological polar surface area (TPSA) is 109 Å². The number of nitrogens with one attached hydrogen (secondary N) is 1. The number of aryl methyl sites for hydroxylation is 1. The van der Waals surface area contributed by atoms with Gasteiger partial charge in [0, 0.05) is 43.1 Å². The highest BCUT2D eigenvalue weighted by molar-refractivity contribution is 6.74. The molecule has 0 aliphatic carbocycles. The number of hydrogen-bond donors (Lipinski definition) is 1. The third-order valence-corrected chi connectivity index (χ3v) is 12.4. The van der Waals surface area contributed by atoms with Gasteiger partial charge in [-0.3, -0.25) is 4.68 Å². The quantitative estimate of drug-likeness (QED) is 0.331.